The fourth-order valence-corrected chi connectivity index (χ4v) is 3.24. The third-order valence-corrected chi connectivity index (χ3v) is 4.45. The molecule has 0 spiro atoms. The zero-order valence-corrected chi connectivity index (χ0v) is 12.2. The second-order valence-corrected chi connectivity index (χ2v) is 5.93. The first-order valence-electron chi connectivity index (χ1n) is 6.01. The van der Waals surface area contributed by atoms with Gasteiger partial charge in [-0.1, -0.05) is 6.07 Å². The molecule has 0 radical (unpaired) electrons. The molecule has 3 aromatic heterocycles. The molecular weight excluding hydrogens is 288 g/mol. The highest BCUT2D eigenvalue weighted by Crippen LogP contribution is 2.26. The van der Waals surface area contributed by atoms with Crippen LogP contribution in [0.5, 0.6) is 0 Å². The van der Waals surface area contributed by atoms with Gasteiger partial charge >= 0.3 is 0 Å². The number of nitrogens with two attached hydrogens (primary N) is 1. The summed E-state index contributed by atoms with van der Waals surface area (Å²) in [6.45, 7) is 0. The minimum Gasteiger partial charge on any atom is -0.397 e. The Morgan fingerprint density at radius 3 is 2.85 bits per heavy atom. The molecule has 0 aliphatic rings. The first kappa shape index (κ1) is 13.1. The standard InChI is InChI=1S/C14H12N4S2/c15-10-4-5-13(17-7-10)19-8-11-9-20-14(18-11)12-3-1-2-6-16-12/h1-7,9H,8,15H2. The van der Waals surface area contributed by atoms with E-state index in [0.717, 1.165) is 27.2 Å². The van der Waals surface area contributed by atoms with E-state index in [1.54, 1.807) is 35.5 Å². The Hall–Kier alpha value is -1.92. The maximum Gasteiger partial charge on any atom is 0.142 e. The van der Waals surface area contributed by atoms with Crippen LogP contribution in [0.2, 0.25) is 0 Å². The number of pyridine rings is 2. The first-order valence-corrected chi connectivity index (χ1v) is 7.88. The molecule has 3 aromatic rings. The third-order valence-electron chi connectivity index (χ3n) is 2.56. The number of rotatable bonds is 4. The van der Waals surface area contributed by atoms with Gasteiger partial charge in [-0.05, 0) is 24.3 Å². The summed E-state index contributed by atoms with van der Waals surface area (Å²) in [6.07, 6.45) is 3.45. The number of anilines is 1. The van der Waals surface area contributed by atoms with Crippen LogP contribution in [-0.4, -0.2) is 15.0 Å². The molecule has 100 valence electrons. The van der Waals surface area contributed by atoms with Crippen molar-refractivity contribution in [1.82, 2.24) is 15.0 Å². The lowest BCUT2D eigenvalue weighted by Crippen LogP contribution is -1.88. The minimum atomic E-state index is 0.681. The Bertz CT molecular complexity index is 680. The Balaban J connectivity index is 1.67. The van der Waals surface area contributed by atoms with E-state index >= 15 is 0 Å². The van der Waals surface area contributed by atoms with Crippen molar-refractivity contribution in [3.63, 3.8) is 0 Å². The Kier molecular flexibility index (Phi) is 3.94. The van der Waals surface area contributed by atoms with Gasteiger partial charge in [0.2, 0.25) is 0 Å². The summed E-state index contributed by atoms with van der Waals surface area (Å²) < 4.78 is 0. The highest BCUT2D eigenvalue weighted by Gasteiger charge is 2.06. The van der Waals surface area contributed by atoms with E-state index in [9.17, 15) is 0 Å². The molecule has 3 rings (SSSR count). The average Bonchev–Trinajstić information content (AvgIpc) is 2.97. The second kappa shape index (κ2) is 6.02. The number of hydrogen-bond acceptors (Lipinski definition) is 6. The van der Waals surface area contributed by atoms with Crippen molar-refractivity contribution in [2.45, 2.75) is 10.8 Å². The maximum absolute atomic E-state index is 5.61. The van der Waals surface area contributed by atoms with Gasteiger partial charge in [0.05, 0.1) is 28.3 Å². The molecule has 0 aliphatic heterocycles. The molecule has 0 amide bonds. The molecule has 6 heteroatoms. The lowest BCUT2D eigenvalue weighted by molar-refractivity contribution is 1.13. The van der Waals surface area contributed by atoms with Crippen molar-refractivity contribution in [3.05, 3.63) is 53.8 Å². The molecule has 0 atom stereocenters. The number of nitrogens with zero attached hydrogens (tertiary/aromatic N) is 3. The highest BCUT2D eigenvalue weighted by molar-refractivity contribution is 7.98. The molecule has 4 nitrogen and oxygen atoms in total. The van der Waals surface area contributed by atoms with Gasteiger partial charge in [-0.2, -0.15) is 0 Å². The van der Waals surface area contributed by atoms with Crippen LogP contribution in [0.15, 0.2) is 53.1 Å². The number of nitrogen functional groups attached to an aromatic ring is 1. The molecule has 0 fully saturated rings. The summed E-state index contributed by atoms with van der Waals surface area (Å²) in [7, 11) is 0. The van der Waals surface area contributed by atoms with E-state index in [2.05, 4.69) is 20.3 Å². The predicted molar refractivity (Wildman–Crippen MR) is 83.6 cm³/mol. The van der Waals surface area contributed by atoms with Gasteiger partial charge in [-0.15, -0.1) is 23.1 Å². The van der Waals surface area contributed by atoms with Crippen LogP contribution < -0.4 is 5.73 Å². The topological polar surface area (TPSA) is 64.7 Å². The molecule has 0 saturated carbocycles. The van der Waals surface area contributed by atoms with Crippen molar-refractivity contribution >= 4 is 28.8 Å². The van der Waals surface area contributed by atoms with Gasteiger partial charge in [0, 0.05) is 17.3 Å². The molecule has 0 saturated heterocycles. The van der Waals surface area contributed by atoms with Crippen LogP contribution in [0, 0.1) is 0 Å². The molecule has 3 heterocycles. The molecule has 20 heavy (non-hydrogen) atoms. The molecule has 0 unspecified atom stereocenters. The summed E-state index contributed by atoms with van der Waals surface area (Å²) in [6, 6.07) is 9.62. The number of hydrogen-bond donors (Lipinski definition) is 1. The van der Waals surface area contributed by atoms with Crippen molar-refractivity contribution < 1.29 is 0 Å². The van der Waals surface area contributed by atoms with Gasteiger partial charge in [-0.3, -0.25) is 4.98 Å². The van der Waals surface area contributed by atoms with Crippen LogP contribution in [0.3, 0.4) is 0 Å². The number of aromatic nitrogens is 3. The normalized spacial score (nSPS) is 10.6. The summed E-state index contributed by atoms with van der Waals surface area (Å²) in [5, 5.41) is 3.96. The summed E-state index contributed by atoms with van der Waals surface area (Å²) in [5.74, 6) is 0.792. The summed E-state index contributed by atoms with van der Waals surface area (Å²) in [5.41, 5.74) is 8.25. The Labute approximate surface area is 125 Å². The lowest BCUT2D eigenvalue weighted by atomic mass is 10.4. The van der Waals surface area contributed by atoms with E-state index in [-0.39, 0.29) is 0 Å². The first-order chi connectivity index (χ1) is 9.81. The van der Waals surface area contributed by atoms with Crippen molar-refractivity contribution in [1.29, 1.82) is 0 Å². The summed E-state index contributed by atoms with van der Waals surface area (Å²) in [4.78, 5) is 13.2. The Morgan fingerprint density at radius 1 is 1.15 bits per heavy atom. The number of thioether (sulfide) groups is 1. The van der Waals surface area contributed by atoms with E-state index in [4.69, 9.17) is 5.73 Å². The lowest BCUT2D eigenvalue weighted by Gasteiger charge is -1.98. The SMILES string of the molecule is Nc1ccc(SCc2csc(-c3ccccn3)n2)nc1. The highest BCUT2D eigenvalue weighted by atomic mass is 32.2. The third kappa shape index (κ3) is 3.15. The largest absolute Gasteiger partial charge is 0.397 e. The van der Waals surface area contributed by atoms with E-state index in [1.807, 2.05) is 30.3 Å². The molecule has 0 aromatic carbocycles. The van der Waals surface area contributed by atoms with E-state index in [1.165, 1.54) is 0 Å². The fraction of sp³-hybridized carbons (Fsp3) is 0.0714. The van der Waals surface area contributed by atoms with Gasteiger partial charge in [0.15, 0.2) is 0 Å². The Morgan fingerprint density at radius 2 is 2.10 bits per heavy atom. The van der Waals surface area contributed by atoms with Crippen LogP contribution >= 0.6 is 23.1 Å². The zero-order valence-electron chi connectivity index (χ0n) is 10.6. The van der Waals surface area contributed by atoms with Crippen LogP contribution in [-0.2, 0) is 5.75 Å². The van der Waals surface area contributed by atoms with Gasteiger partial charge in [-0.25, -0.2) is 9.97 Å². The summed E-state index contributed by atoms with van der Waals surface area (Å²) >= 11 is 3.26. The monoisotopic (exact) mass is 300 g/mol. The van der Waals surface area contributed by atoms with E-state index in [0.29, 0.717) is 5.69 Å². The molecular formula is C14H12N4S2. The minimum absolute atomic E-state index is 0.681. The smallest absolute Gasteiger partial charge is 0.142 e. The molecule has 0 bridgehead atoms. The average molecular weight is 300 g/mol. The van der Waals surface area contributed by atoms with Gasteiger partial charge in [0.1, 0.15) is 5.01 Å². The van der Waals surface area contributed by atoms with Crippen molar-refractivity contribution in [3.8, 4) is 10.7 Å². The van der Waals surface area contributed by atoms with Crippen LogP contribution in [0.1, 0.15) is 5.69 Å². The maximum atomic E-state index is 5.61. The number of thiazole rings is 1. The second-order valence-electron chi connectivity index (χ2n) is 4.08. The van der Waals surface area contributed by atoms with Gasteiger partial charge in [0.25, 0.3) is 0 Å². The fourth-order valence-electron chi connectivity index (χ4n) is 1.61. The van der Waals surface area contributed by atoms with Gasteiger partial charge < -0.3 is 5.73 Å². The zero-order chi connectivity index (χ0) is 13.8. The van der Waals surface area contributed by atoms with Crippen molar-refractivity contribution in [2.75, 3.05) is 5.73 Å². The van der Waals surface area contributed by atoms with E-state index < -0.39 is 0 Å². The molecule has 0 aliphatic carbocycles. The van der Waals surface area contributed by atoms with Crippen molar-refractivity contribution in [2.24, 2.45) is 0 Å². The molecule has 2 N–H and O–H groups in total. The van der Waals surface area contributed by atoms with Crippen LogP contribution in [0.4, 0.5) is 5.69 Å². The van der Waals surface area contributed by atoms with Crippen LogP contribution in [0.25, 0.3) is 10.7 Å². The predicted octanol–water partition coefficient (Wildman–Crippen LogP) is 3.47. The quantitative estimate of drug-likeness (QED) is 0.747.